The van der Waals surface area contributed by atoms with Crippen LogP contribution in [0.1, 0.15) is 6.92 Å². The first kappa shape index (κ1) is 6.95. The van der Waals surface area contributed by atoms with Gasteiger partial charge in [0.05, 0.1) is 6.10 Å². The molecular weight excluding hydrogens is 124 g/mol. The van der Waals surface area contributed by atoms with Gasteiger partial charge in [-0.2, -0.15) is 0 Å². The molecule has 1 heterocycles. The Balaban J connectivity index is 2.54. The summed E-state index contributed by atoms with van der Waals surface area (Å²) in [5.41, 5.74) is 0. The monoisotopic (exact) mass is 134 g/mol. The van der Waals surface area contributed by atoms with Gasteiger partial charge in [-0.25, -0.2) is 0 Å². The molecule has 0 aromatic heterocycles. The molecule has 1 fully saturated rings. The van der Waals surface area contributed by atoms with Crippen molar-refractivity contribution >= 4 is 0 Å². The summed E-state index contributed by atoms with van der Waals surface area (Å²) in [4.78, 5) is 0. The zero-order valence-corrected chi connectivity index (χ0v) is 5.06. The van der Waals surface area contributed by atoms with E-state index in [1.165, 1.54) is 0 Å². The van der Waals surface area contributed by atoms with Crippen LogP contribution in [-0.4, -0.2) is 39.9 Å². The molecule has 1 saturated heterocycles. The molecule has 0 amide bonds. The second kappa shape index (κ2) is 2.22. The average Bonchev–Trinajstić information content (AvgIpc) is 1.98. The summed E-state index contributed by atoms with van der Waals surface area (Å²) in [6, 6.07) is 0. The lowest BCUT2D eigenvalue weighted by atomic mass is 10.2. The summed E-state index contributed by atoms with van der Waals surface area (Å²) in [5.74, 6) is 0. The average molecular weight is 134 g/mol. The number of hydrogen-bond acceptors (Lipinski definition) is 4. The van der Waals surface area contributed by atoms with Gasteiger partial charge in [0.2, 0.25) is 0 Å². The lowest BCUT2D eigenvalue weighted by Crippen LogP contribution is -2.31. The number of aliphatic hydroxyl groups excluding tert-OH is 3. The van der Waals surface area contributed by atoms with E-state index < -0.39 is 24.6 Å². The van der Waals surface area contributed by atoms with Gasteiger partial charge in [-0.15, -0.1) is 0 Å². The Morgan fingerprint density at radius 2 is 1.67 bits per heavy atom. The fourth-order valence-corrected chi connectivity index (χ4v) is 0.827. The van der Waals surface area contributed by atoms with E-state index in [1.54, 1.807) is 6.92 Å². The largest absolute Gasteiger partial charge is 0.388 e. The lowest BCUT2D eigenvalue weighted by Gasteiger charge is -2.07. The molecule has 0 aromatic rings. The Kier molecular flexibility index (Phi) is 1.72. The van der Waals surface area contributed by atoms with Crippen molar-refractivity contribution < 1.29 is 20.1 Å². The zero-order valence-electron chi connectivity index (χ0n) is 5.06. The van der Waals surface area contributed by atoms with Crippen LogP contribution in [-0.2, 0) is 4.74 Å². The summed E-state index contributed by atoms with van der Waals surface area (Å²) < 4.78 is 4.64. The minimum Gasteiger partial charge on any atom is -0.388 e. The van der Waals surface area contributed by atoms with Crippen LogP contribution in [0.3, 0.4) is 0 Å². The van der Waals surface area contributed by atoms with E-state index in [0.29, 0.717) is 0 Å². The predicted octanol–water partition coefficient (Wildman–Crippen LogP) is -1.55. The molecule has 3 N–H and O–H groups in total. The summed E-state index contributed by atoms with van der Waals surface area (Å²) in [6.45, 7) is 1.59. The molecule has 0 aliphatic carbocycles. The van der Waals surface area contributed by atoms with Crippen molar-refractivity contribution in [1.29, 1.82) is 0 Å². The van der Waals surface area contributed by atoms with Gasteiger partial charge in [0.15, 0.2) is 6.29 Å². The first-order valence-electron chi connectivity index (χ1n) is 2.82. The standard InChI is InChI=1S/C5H10O4/c1-2-3(6)4(7)5(8)9-2/h2-8H,1H3/t2-,3+,4-,5?/m1/s1. The minimum atomic E-state index is -1.23. The second-order valence-electron chi connectivity index (χ2n) is 2.21. The molecule has 9 heavy (non-hydrogen) atoms. The van der Waals surface area contributed by atoms with Crippen molar-refractivity contribution in [3.63, 3.8) is 0 Å². The molecule has 4 nitrogen and oxygen atoms in total. The highest BCUT2D eigenvalue weighted by molar-refractivity contribution is 4.82. The predicted molar refractivity (Wildman–Crippen MR) is 28.6 cm³/mol. The van der Waals surface area contributed by atoms with E-state index in [4.69, 9.17) is 15.3 Å². The Hall–Kier alpha value is -0.160. The molecule has 0 spiro atoms. The van der Waals surface area contributed by atoms with Gasteiger partial charge in [0, 0.05) is 0 Å². The van der Waals surface area contributed by atoms with Gasteiger partial charge in [-0.05, 0) is 6.92 Å². The molecule has 4 atom stereocenters. The number of rotatable bonds is 0. The van der Waals surface area contributed by atoms with Crippen molar-refractivity contribution in [2.24, 2.45) is 0 Å². The lowest BCUT2D eigenvalue weighted by molar-refractivity contribution is -0.124. The minimum absolute atomic E-state index is 0.477. The summed E-state index contributed by atoms with van der Waals surface area (Å²) in [6.07, 6.45) is -3.81. The SMILES string of the molecule is C[C@H]1OC(O)[C@H](O)[C@H]1O. The van der Waals surface area contributed by atoms with Gasteiger partial charge in [0.25, 0.3) is 0 Å². The summed E-state index contributed by atoms with van der Waals surface area (Å²) in [5, 5.41) is 26.4. The van der Waals surface area contributed by atoms with E-state index in [-0.39, 0.29) is 0 Å². The van der Waals surface area contributed by atoms with Crippen LogP contribution in [0.4, 0.5) is 0 Å². The number of ether oxygens (including phenoxy) is 1. The van der Waals surface area contributed by atoms with Gasteiger partial charge in [-0.3, -0.25) is 0 Å². The van der Waals surface area contributed by atoms with E-state index in [9.17, 15) is 0 Å². The molecule has 0 radical (unpaired) electrons. The number of hydrogen-bond donors (Lipinski definition) is 3. The third-order valence-corrected chi connectivity index (χ3v) is 1.48. The highest BCUT2D eigenvalue weighted by atomic mass is 16.6. The van der Waals surface area contributed by atoms with Crippen LogP contribution in [0.15, 0.2) is 0 Å². The molecule has 0 bridgehead atoms. The summed E-state index contributed by atoms with van der Waals surface area (Å²) in [7, 11) is 0. The summed E-state index contributed by atoms with van der Waals surface area (Å²) >= 11 is 0. The van der Waals surface area contributed by atoms with Gasteiger partial charge in [-0.1, -0.05) is 0 Å². The smallest absolute Gasteiger partial charge is 0.183 e. The first-order valence-corrected chi connectivity index (χ1v) is 2.82. The molecule has 1 aliphatic rings. The Morgan fingerprint density at radius 1 is 1.11 bits per heavy atom. The first-order chi connectivity index (χ1) is 4.13. The van der Waals surface area contributed by atoms with Crippen LogP contribution >= 0.6 is 0 Å². The fourth-order valence-electron chi connectivity index (χ4n) is 0.827. The van der Waals surface area contributed by atoms with Crippen LogP contribution in [0, 0.1) is 0 Å². The van der Waals surface area contributed by atoms with Gasteiger partial charge < -0.3 is 20.1 Å². The van der Waals surface area contributed by atoms with Crippen LogP contribution in [0.2, 0.25) is 0 Å². The maximum Gasteiger partial charge on any atom is 0.183 e. The van der Waals surface area contributed by atoms with Crippen molar-refractivity contribution in [3.05, 3.63) is 0 Å². The highest BCUT2D eigenvalue weighted by Crippen LogP contribution is 2.18. The van der Waals surface area contributed by atoms with Gasteiger partial charge >= 0.3 is 0 Å². The molecule has 1 unspecified atom stereocenters. The van der Waals surface area contributed by atoms with Crippen LogP contribution in [0.25, 0.3) is 0 Å². The quantitative estimate of drug-likeness (QED) is 0.375. The maximum absolute atomic E-state index is 8.90. The van der Waals surface area contributed by atoms with Crippen LogP contribution in [0.5, 0.6) is 0 Å². The van der Waals surface area contributed by atoms with Crippen molar-refractivity contribution in [1.82, 2.24) is 0 Å². The molecule has 4 heteroatoms. The normalized spacial score (nSPS) is 52.0. The number of aliphatic hydroxyl groups is 3. The highest BCUT2D eigenvalue weighted by Gasteiger charge is 2.38. The molecule has 54 valence electrons. The van der Waals surface area contributed by atoms with E-state index >= 15 is 0 Å². The van der Waals surface area contributed by atoms with E-state index in [2.05, 4.69) is 4.74 Å². The van der Waals surface area contributed by atoms with E-state index in [0.717, 1.165) is 0 Å². The van der Waals surface area contributed by atoms with Crippen molar-refractivity contribution in [2.45, 2.75) is 31.5 Å². The zero-order chi connectivity index (χ0) is 7.02. The molecule has 1 rings (SSSR count). The Morgan fingerprint density at radius 3 is 1.78 bits per heavy atom. The Labute approximate surface area is 52.7 Å². The second-order valence-corrected chi connectivity index (χ2v) is 2.21. The fraction of sp³-hybridized carbons (Fsp3) is 1.00. The third-order valence-electron chi connectivity index (χ3n) is 1.48. The molecule has 1 aliphatic heterocycles. The van der Waals surface area contributed by atoms with E-state index in [1.807, 2.05) is 0 Å². The van der Waals surface area contributed by atoms with Gasteiger partial charge in [0.1, 0.15) is 12.2 Å². The Bertz CT molecular complexity index is 93.1. The molecule has 0 aromatic carbocycles. The third kappa shape index (κ3) is 1.07. The van der Waals surface area contributed by atoms with Crippen molar-refractivity contribution in [3.8, 4) is 0 Å². The molecule has 0 saturated carbocycles. The maximum atomic E-state index is 8.90. The van der Waals surface area contributed by atoms with Crippen LogP contribution < -0.4 is 0 Å². The molecular formula is C5H10O4. The topological polar surface area (TPSA) is 69.9 Å². The van der Waals surface area contributed by atoms with Crippen molar-refractivity contribution in [2.75, 3.05) is 0 Å².